The number of anilines is 2. The Labute approximate surface area is 184 Å². The predicted molar refractivity (Wildman–Crippen MR) is 121 cm³/mol. The molecule has 3 heterocycles. The molecule has 2 amide bonds. The van der Waals surface area contributed by atoms with Crippen LogP contribution in [0.2, 0.25) is 0 Å². The molecule has 0 radical (unpaired) electrons. The van der Waals surface area contributed by atoms with Gasteiger partial charge in [0.25, 0.3) is 5.91 Å². The van der Waals surface area contributed by atoms with Crippen LogP contribution in [0, 0.1) is 5.92 Å². The van der Waals surface area contributed by atoms with Crippen molar-refractivity contribution in [1.82, 2.24) is 9.97 Å². The third kappa shape index (κ3) is 4.77. The normalized spacial score (nSPS) is 14.1. The molecule has 0 saturated carbocycles. The molecular weight excluding hydrogens is 422 g/mol. The van der Waals surface area contributed by atoms with Crippen LogP contribution in [0.1, 0.15) is 23.3 Å². The maximum Gasteiger partial charge on any atom is 0.275 e. The first-order chi connectivity index (χ1) is 14.1. The van der Waals surface area contributed by atoms with Crippen LogP contribution < -0.4 is 16.0 Å². The minimum Gasteiger partial charge on any atom is -0.370 e. The van der Waals surface area contributed by atoms with E-state index < -0.39 is 0 Å². The summed E-state index contributed by atoms with van der Waals surface area (Å²) in [5.41, 5.74) is 8.41. The predicted octanol–water partition coefficient (Wildman–Crippen LogP) is 3.58. The Balaban J connectivity index is 0.00000256. The molecule has 3 N–H and O–H groups in total. The second kappa shape index (κ2) is 9.69. The maximum absolute atomic E-state index is 12.8. The fraction of sp³-hybridized carbons (Fsp3) is 0.238. The number of amides is 2. The Hall–Kier alpha value is -2.97. The summed E-state index contributed by atoms with van der Waals surface area (Å²) in [4.78, 5) is 34.8. The number of pyridine rings is 1. The molecule has 7 nitrogen and oxygen atoms in total. The summed E-state index contributed by atoms with van der Waals surface area (Å²) in [5.74, 6) is -0.560. The first kappa shape index (κ1) is 21.7. The van der Waals surface area contributed by atoms with Gasteiger partial charge in [0.2, 0.25) is 5.91 Å². The molecule has 1 aliphatic rings. The smallest absolute Gasteiger partial charge is 0.275 e. The van der Waals surface area contributed by atoms with Crippen LogP contribution in [0.4, 0.5) is 11.4 Å². The molecule has 1 aliphatic heterocycles. The minimum atomic E-state index is -0.249. The van der Waals surface area contributed by atoms with E-state index in [-0.39, 0.29) is 30.1 Å². The van der Waals surface area contributed by atoms with E-state index in [1.54, 1.807) is 17.8 Å². The number of nitrogens with one attached hydrogen (secondary N) is 1. The number of nitrogens with zero attached hydrogens (tertiary/aromatic N) is 3. The summed E-state index contributed by atoms with van der Waals surface area (Å²) >= 11 is 1.42. The second-order valence-electron chi connectivity index (χ2n) is 6.91. The summed E-state index contributed by atoms with van der Waals surface area (Å²) in [7, 11) is 0. The summed E-state index contributed by atoms with van der Waals surface area (Å²) in [6.45, 7) is 1.45. The molecule has 1 aromatic carbocycles. The molecule has 0 bridgehead atoms. The van der Waals surface area contributed by atoms with E-state index in [9.17, 15) is 9.59 Å². The zero-order chi connectivity index (χ0) is 20.2. The van der Waals surface area contributed by atoms with Gasteiger partial charge in [0, 0.05) is 42.3 Å². The van der Waals surface area contributed by atoms with E-state index in [2.05, 4.69) is 20.2 Å². The fourth-order valence-corrected chi connectivity index (χ4v) is 4.26. The van der Waals surface area contributed by atoms with Gasteiger partial charge in [-0.15, -0.1) is 23.7 Å². The quantitative estimate of drug-likeness (QED) is 0.627. The number of nitrogens with two attached hydrogens (primary N) is 1. The molecule has 4 rings (SSSR count). The summed E-state index contributed by atoms with van der Waals surface area (Å²) in [5, 5.41) is 5.52. The van der Waals surface area contributed by atoms with Crippen molar-refractivity contribution in [1.29, 1.82) is 0 Å². The number of para-hydroxylation sites is 2. The first-order valence-electron chi connectivity index (χ1n) is 9.42. The Morgan fingerprint density at radius 3 is 2.50 bits per heavy atom. The summed E-state index contributed by atoms with van der Waals surface area (Å²) in [6.07, 6.45) is 4.85. The van der Waals surface area contributed by atoms with Crippen molar-refractivity contribution in [3.8, 4) is 10.6 Å². The molecule has 0 spiro atoms. The van der Waals surface area contributed by atoms with Crippen molar-refractivity contribution in [2.75, 3.05) is 23.3 Å². The third-order valence-corrected chi connectivity index (χ3v) is 5.95. The molecule has 156 valence electrons. The molecule has 3 aromatic rings. The Bertz CT molecular complexity index is 1020. The summed E-state index contributed by atoms with van der Waals surface area (Å²) in [6, 6.07) is 11.4. The fourth-order valence-electron chi connectivity index (χ4n) is 3.45. The highest BCUT2D eigenvalue weighted by Gasteiger charge is 2.25. The number of benzene rings is 1. The van der Waals surface area contributed by atoms with Gasteiger partial charge in [-0.3, -0.25) is 14.6 Å². The van der Waals surface area contributed by atoms with Crippen molar-refractivity contribution < 1.29 is 9.59 Å². The van der Waals surface area contributed by atoms with E-state index in [4.69, 9.17) is 5.73 Å². The van der Waals surface area contributed by atoms with Gasteiger partial charge in [0.1, 0.15) is 10.7 Å². The zero-order valence-corrected chi connectivity index (χ0v) is 17.8. The van der Waals surface area contributed by atoms with E-state index in [0.717, 1.165) is 47.9 Å². The van der Waals surface area contributed by atoms with Crippen LogP contribution in [-0.2, 0) is 4.79 Å². The zero-order valence-electron chi connectivity index (χ0n) is 16.2. The second-order valence-corrected chi connectivity index (χ2v) is 7.77. The standard InChI is InChI=1S/C21H21N5O2S.ClH/c22-19(27)14-7-11-26(12-8-14)18-4-2-1-3-16(18)24-20(28)17-13-29-21(25-17)15-5-9-23-10-6-15;/h1-6,9-10,13-14H,7-8,11-12H2,(H2,22,27)(H,24,28);1H. The number of carbonyl (C=O) groups is 2. The molecule has 0 unspecified atom stereocenters. The molecule has 0 atom stereocenters. The van der Waals surface area contributed by atoms with Gasteiger partial charge in [0.05, 0.1) is 11.4 Å². The number of piperidine rings is 1. The Kier molecular flexibility index (Phi) is 7.02. The van der Waals surface area contributed by atoms with Crippen molar-refractivity contribution in [2.24, 2.45) is 11.7 Å². The number of rotatable bonds is 5. The molecular formula is C21H22ClN5O2S. The SMILES string of the molecule is Cl.NC(=O)C1CCN(c2ccccc2NC(=O)c2csc(-c3ccncc3)n2)CC1. The lowest BCUT2D eigenvalue weighted by molar-refractivity contribution is -0.122. The van der Waals surface area contributed by atoms with Crippen LogP contribution in [0.5, 0.6) is 0 Å². The van der Waals surface area contributed by atoms with Crippen molar-refractivity contribution in [3.05, 3.63) is 59.9 Å². The topological polar surface area (TPSA) is 101 Å². The van der Waals surface area contributed by atoms with Crippen LogP contribution in [0.25, 0.3) is 10.6 Å². The average molecular weight is 444 g/mol. The van der Waals surface area contributed by atoms with E-state index in [0.29, 0.717) is 5.69 Å². The third-order valence-electron chi connectivity index (χ3n) is 5.05. The molecule has 1 saturated heterocycles. The Morgan fingerprint density at radius 1 is 1.10 bits per heavy atom. The van der Waals surface area contributed by atoms with Gasteiger partial charge < -0.3 is 16.0 Å². The number of hydrogen-bond donors (Lipinski definition) is 2. The van der Waals surface area contributed by atoms with Gasteiger partial charge in [0.15, 0.2) is 0 Å². The number of halogens is 1. The highest BCUT2D eigenvalue weighted by Crippen LogP contribution is 2.30. The molecule has 1 fully saturated rings. The monoisotopic (exact) mass is 443 g/mol. The lowest BCUT2D eigenvalue weighted by Crippen LogP contribution is -2.38. The van der Waals surface area contributed by atoms with Gasteiger partial charge in [-0.1, -0.05) is 12.1 Å². The van der Waals surface area contributed by atoms with Crippen molar-refractivity contribution in [3.63, 3.8) is 0 Å². The molecule has 2 aromatic heterocycles. The lowest BCUT2D eigenvalue weighted by atomic mass is 9.96. The number of aromatic nitrogens is 2. The van der Waals surface area contributed by atoms with E-state index in [1.807, 2.05) is 36.4 Å². The molecule has 0 aliphatic carbocycles. The van der Waals surface area contributed by atoms with Gasteiger partial charge in [-0.25, -0.2) is 4.98 Å². The van der Waals surface area contributed by atoms with Crippen LogP contribution in [-0.4, -0.2) is 34.9 Å². The van der Waals surface area contributed by atoms with Crippen molar-refractivity contribution in [2.45, 2.75) is 12.8 Å². The van der Waals surface area contributed by atoms with Gasteiger partial charge >= 0.3 is 0 Å². The van der Waals surface area contributed by atoms with Crippen LogP contribution in [0.3, 0.4) is 0 Å². The lowest BCUT2D eigenvalue weighted by Gasteiger charge is -2.33. The highest BCUT2D eigenvalue weighted by atomic mass is 35.5. The Morgan fingerprint density at radius 2 is 1.80 bits per heavy atom. The number of carbonyl (C=O) groups excluding carboxylic acids is 2. The van der Waals surface area contributed by atoms with Gasteiger partial charge in [-0.05, 0) is 37.1 Å². The van der Waals surface area contributed by atoms with Crippen LogP contribution in [0.15, 0.2) is 54.2 Å². The highest BCUT2D eigenvalue weighted by molar-refractivity contribution is 7.13. The molecule has 9 heteroatoms. The number of hydrogen-bond acceptors (Lipinski definition) is 6. The van der Waals surface area contributed by atoms with Gasteiger partial charge in [-0.2, -0.15) is 0 Å². The number of thiazole rings is 1. The largest absolute Gasteiger partial charge is 0.370 e. The first-order valence-corrected chi connectivity index (χ1v) is 10.3. The summed E-state index contributed by atoms with van der Waals surface area (Å²) < 4.78 is 0. The molecule has 30 heavy (non-hydrogen) atoms. The van der Waals surface area contributed by atoms with Crippen molar-refractivity contribution >= 4 is 46.9 Å². The maximum atomic E-state index is 12.8. The number of primary amides is 1. The van der Waals surface area contributed by atoms with Crippen LogP contribution >= 0.6 is 23.7 Å². The average Bonchev–Trinajstić information content (AvgIpc) is 3.25. The minimum absolute atomic E-state index is 0. The van der Waals surface area contributed by atoms with E-state index >= 15 is 0 Å². The van der Waals surface area contributed by atoms with E-state index in [1.165, 1.54) is 11.3 Å².